The fraction of sp³-hybridized carbons (Fsp3) is 0.750. The first kappa shape index (κ1) is 13.2. The molecule has 0 spiro atoms. The van der Waals surface area contributed by atoms with Crippen molar-refractivity contribution in [1.29, 1.82) is 0 Å². The SMILES string of the molecule is CC(CNC(C)(C)C)NCCc1ccn[nH]1. The topological polar surface area (TPSA) is 52.7 Å². The van der Waals surface area contributed by atoms with Crippen LogP contribution in [0.25, 0.3) is 0 Å². The van der Waals surface area contributed by atoms with Crippen LogP contribution in [0.15, 0.2) is 12.3 Å². The molecule has 0 fully saturated rings. The van der Waals surface area contributed by atoms with Crippen molar-refractivity contribution in [1.82, 2.24) is 20.8 Å². The van der Waals surface area contributed by atoms with Crippen molar-refractivity contribution in [2.45, 2.75) is 45.7 Å². The predicted octanol–water partition coefficient (Wildman–Crippen LogP) is 1.32. The van der Waals surface area contributed by atoms with Crippen molar-refractivity contribution >= 4 is 0 Å². The van der Waals surface area contributed by atoms with Gasteiger partial charge >= 0.3 is 0 Å². The lowest BCUT2D eigenvalue weighted by Crippen LogP contribution is -2.45. The van der Waals surface area contributed by atoms with E-state index in [-0.39, 0.29) is 5.54 Å². The molecule has 3 N–H and O–H groups in total. The Hall–Kier alpha value is -0.870. The lowest BCUT2D eigenvalue weighted by Gasteiger charge is -2.24. The van der Waals surface area contributed by atoms with Crippen molar-refractivity contribution in [2.24, 2.45) is 0 Å². The maximum atomic E-state index is 3.92. The second-order valence-electron chi connectivity index (χ2n) is 5.32. The molecule has 0 radical (unpaired) electrons. The minimum absolute atomic E-state index is 0.194. The van der Waals surface area contributed by atoms with Gasteiger partial charge in [-0.2, -0.15) is 5.10 Å². The summed E-state index contributed by atoms with van der Waals surface area (Å²) in [4.78, 5) is 0. The van der Waals surface area contributed by atoms with E-state index >= 15 is 0 Å². The summed E-state index contributed by atoms with van der Waals surface area (Å²) in [5.74, 6) is 0. The summed E-state index contributed by atoms with van der Waals surface area (Å²) in [5.41, 5.74) is 1.38. The van der Waals surface area contributed by atoms with Crippen LogP contribution in [-0.2, 0) is 6.42 Å². The summed E-state index contributed by atoms with van der Waals surface area (Å²) in [6.07, 6.45) is 2.79. The normalized spacial score (nSPS) is 14.0. The molecule has 0 aliphatic heterocycles. The Balaban J connectivity index is 2.09. The van der Waals surface area contributed by atoms with Crippen LogP contribution in [0.2, 0.25) is 0 Å². The van der Waals surface area contributed by atoms with Crippen LogP contribution in [0.5, 0.6) is 0 Å². The van der Waals surface area contributed by atoms with Crippen LogP contribution < -0.4 is 10.6 Å². The van der Waals surface area contributed by atoms with Crippen molar-refractivity contribution < 1.29 is 0 Å². The third-order valence-corrected chi connectivity index (χ3v) is 2.38. The van der Waals surface area contributed by atoms with Crippen LogP contribution in [0.4, 0.5) is 0 Å². The van der Waals surface area contributed by atoms with Gasteiger partial charge in [-0.1, -0.05) is 0 Å². The number of hydrogen-bond acceptors (Lipinski definition) is 3. The number of hydrogen-bond donors (Lipinski definition) is 3. The number of nitrogens with one attached hydrogen (secondary N) is 3. The van der Waals surface area contributed by atoms with Gasteiger partial charge < -0.3 is 10.6 Å². The minimum Gasteiger partial charge on any atom is -0.313 e. The highest BCUT2D eigenvalue weighted by atomic mass is 15.1. The highest BCUT2D eigenvalue weighted by molar-refractivity contribution is 4.97. The Bertz CT molecular complexity index is 274. The van der Waals surface area contributed by atoms with E-state index in [9.17, 15) is 0 Å². The van der Waals surface area contributed by atoms with Crippen molar-refractivity contribution in [3.8, 4) is 0 Å². The Kier molecular flexibility index (Phi) is 4.96. The molecule has 0 bridgehead atoms. The molecule has 16 heavy (non-hydrogen) atoms. The first-order valence-electron chi connectivity index (χ1n) is 5.94. The molecule has 1 unspecified atom stereocenters. The Morgan fingerprint density at radius 2 is 2.19 bits per heavy atom. The Morgan fingerprint density at radius 1 is 1.44 bits per heavy atom. The molecule has 1 heterocycles. The molecule has 0 aliphatic carbocycles. The van der Waals surface area contributed by atoms with E-state index in [0.29, 0.717) is 6.04 Å². The summed E-state index contributed by atoms with van der Waals surface area (Å²) in [6.45, 7) is 10.7. The molecular weight excluding hydrogens is 200 g/mol. The molecule has 1 atom stereocenters. The molecule has 0 amide bonds. The van der Waals surface area contributed by atoms with Gasteiger partial charge in [0.25, 0.3) is 0 Å². The van der Waals surface area contributed by atoms with E-state index in [4.69, 9.17) is 0 Å². The van der Waals surface area contributed by atoms with Crippen LogP contribution in [0.1, 0.15) is 33.4 Å². The zero-order valence-corrected chi connectivity index (χ0v) is 10.8. The minimum atomic E-state index is 0.194. The molecule has 92 valence electrons. The molecule has 1 rings (SSSR count). The van der Waals surface area contributed by atoms with Gasteiger partial charge in [-0.3, -0.25) is 5.10 Å². The van der Waals surface area contributed by atoms with E-state index in [2.05, 4.69) is 48.5 Å². The van der Waals surface area contributed by atoms with Gasteiger partial charge in [0.15, 0.2) is 0 Å². The molecule has 0 saturated heterocycles. The van der Waals surface area contributed by atoms with Gasteiger partial charge in [0.1, 0.15) is 0 Å². The summed E-state index contributed by atoms with van der Waals surface area (Å²) < 4.78 is 0. The molecular formula is C12H24N4. The number of rotatable bonds is 6. The molecule has 1 aromatic heterocycles. The zero-order chi connectivity index (χ0) is 12.0. The predicted molar refractivity (Wildman–Crippen MR) is 67.5 cm³/mol. The first-order valence-corrected chi connectivity index (χ1v) is 5.94. The highest BCUT2D eigenvalue weighted by Gasteiger charge is 2.10. The molecule has 0 saturated carbocycles. The molecule has 4 nitrogen and oxygen atoms in total. The van der Waals surface area contributed by atoms with Crippen molar-refractivity contribution in [3.05, 3.63) is 18.0 Å². The van der Waals surface area contributed by atoms with E-state index < -0.39 is 0 Å². The van der Waals surface area contributed by atoms with E-state index in [1.807, 2.05) is 6.07 Å². The average molecular weight is 224 g/mol. The zero-order valence-electron chi connectivity index (χ0n) is 10.8. The third-order valence-electron chi connectivity index (χ3n) is 2.38. The lowest BCUT2D eigenvalue weighted by atomic mass is 10.1. The van der Waals surface area contributed by atoms with Gasteiger partial charge in [0.05, 0.1) is 0 Å². The molecule has 4 heteroatoms. The number of H-pyrrole nitrogens is 1. The smallest absolute Gasteiger partial charge is 0.0490 e. The quantitative estimate of drug-likeness (QED) is 0.683. The van der Waals surface area contributed by atoms with Gasteiger partial charge in [-0.15, -0.1) is 0 Å². The largest absolute Gasteiger partial charge is 0.313 e. The molecule has 0 aromatic carbocycles. The maximum Gasteiger partial charge on any atom is 0.0490 e. The van der Waals surface area contributed by atoms with Crippen LogP contribution in [0.3, 0.4) is 0 Å². The third kappa shape index (κ3) is 5.88. The van der Waals surface area contributed by atoms with E-state index in [1.54, 1.807) is 6.20 Å². The fourth-order valence-electron chi connectivity index (χ4n) is 1.41. The first-order chi connectivity index (χ1) is 7.47. The lowest BCUT2D eigenvalue weighted by molar-refractivity contribution is 0.388. The van der Waals surface area contributed by atoms with Crippen LogP contribution in [0, 0.1) is 0 Å². The van der Waals surface area contributed by atoms with Crippen LogP contribution >= 0.6 is 0 Å². The Labute approximate surface area is 98.2 Å². The van der Waals surface area contributed by atoms with Gasteiger partial charge in [-0.05, 0) is 33.8 Å². The van der Waals surface area contributed by atoms with Crippen LogP contribution in [-0.4, -0.2) is 34.9 Å². The van der Waals surface area contributed by atoms with Gasteiger partial charge in [0.2, 0.25) is 0 Å². The van der Waals surface area contributed by atoms with Crippen molar-refractivity contribution in [3.63, 3.8) is 0 Å². The highest BCUT2D eigenvalue weighted by Crippen LogP contribution is 1.98. The number of aromatic nitrogens is 2. The summed E-state index contributed by atoms with van der Waals surface area (Å²) in [6, 6.07) is 2.50. The van der Waals surface area contributed by atoms with E-state index in [1.165, 1.54) is 5.69 Å². The number of aromatic amines is 1. The van der Waals surface area contributed by atoms with Crippen molar-refractivity contribution in [2.75, 3.05) is 13.1 Å². The van der Waals surface area contributed by atoms with E-state index in [0.717, 1.165) is 19.5 Å². The fourth-order valence-corrected chi connectivity index (χ4v) is 1.41. The summed E-state index contributed by atoms with van der Waals surface area (Å²) in [7, 11) is 0. The van der Waals surface area contributed by atoms with Gasteiger partial charge in [-0.25, -0.2) is 0 Å². The summed E-state index contributed by atoms with van der Waals surface area (Å²) in [5, 5.41) is 13.9. The second kappa shape index (κ2) is 6.01. The second-order valence-corrected chi connectivity index (χ2v) is 5.32. The maximum absolute atomic E-state index is 3.92. The Morgan fingerprint density at radius 3 is 2.75 bits per heavy atom. The molecule has 0 aliphatic rings. The summed E-state index contributed by atoms with van der Waals surface area (Å²) >= 11 is 0. The number of nitrogens with zero attached hydrogens (tertiary/aromatic N) is 1. The van der Waals surface area contributed by atoms with Gasteiger partial charge in [0, 0.05) is 43.0 Å². The molecule has 1 aromatic rings. The monoisotopic (exact) mass is 224 g/mol. The standard InChI is InChI=1S/C12H24N4/c1-10(9-14-12(2,3)4)13-7-5-11-6-8-15-16-11/h6,8,10,13-14H,5,7,9H2,1-4H3,(H,15,16). The average Bonchev–Trinajstić information content (AvgIpc) is 2.66.